The van der Waals surface area contributed by atoms with Crippen LogP contribution in [-0.2, 0) is 4.79 Å². The number of nitro benzene ring substituents is 1. The molecular formula is C16H15ClN2O4. The van der Waals surface area contributed by atoms with Gasteiger partial charge in [0.1, 0.15) is 5.75 Å². The van der Waals surface area contributed by atoms with Crippen LogP contribution in [0.3, 0.4) is 0 Å². The van der Waals surface area contributed by atoms with Crippen molar-refractivity contribution in [1.82, 2.24) is 0 Å². The lowest BCUT2D eigenvalue weighted by Crippen LogP contribution is -2.30. The summed E-state index contributed by atoms with van der Waals surface area (Å²) in [6, 6.07) is 10.8. The first-order chi connectivity index (χ1) is 10.9. The molecule has 0 saturated heterocycles. The Hall–Kier alpha value is -2.60. The van der Waals surface area contributed by atoms with Gasteiger partial charge in [-0.05, 0) is 43.7 Å². The van der Waals surface area contributed by atoms with Crippen LogP contribution in [-0.4, -0.2) is 16.9 Å². The highest BCUT2D eigenvalue weighted by atomic mass is 35.5. The summed E-state index contributed by atoms with van der Waals surface area (Å²) in [6.45, 7) is 3.43. The first kappa shape index (κ1) is 16.8. The zero-order valence-electron chi connectivity index (χ0n) is 12.6. The van der Waals surface area contributed by atoms with Crippen LogP contribution in [0.4, 0.5) is 11.4 Å². The number of non-ortho nitro benzene ring substituents is 1. The third-order valence-corrected chi connectivity index (χ3v) is 3.56. The molecule has 2 aromatic carbocycles. The minimum Gasteiger partial charge on any atom is -0.481 e. The van der Waals surface area contributed by atoms with Gasteiger partial charge in [-0.25, -0.2) is 0 Å². The monoisotopic (exact) mass is 334 g/mol. The number of hydrogen-bond donors (Lipinski definition) is 1. The van der Waals surface area contributed by atoms with Crippen LogP contribution in [0.15, 0.2) is 42.5 Å². The Morgan fingerprint density at radius 1 is 1.30 bits per heavy atom. The first-order valence-corrected chi connectivity index (χ1v) is 7.23. The van der Waals surface area contributed by atoms with Gasteiger partial charge in [0.05, 0.1) is 4.92 Å². The molecule has 0 fully saturated rings. The van der Waals surface area contributed by atoms with Crippen molar-refractivity contribution >= 4 is 28.9 Å². The zero-order chi connectivity index (χ0) is 17.0. The van der Waals surface area contributed by atoms with Crippen molar-refractivity contribution in [3.63, 3.8) is 0 Å². The molecular weight excluding hydrogens is 320 g/mol. The van der Waals surface area contributed by atoms with Crippen LogP contribution in [0.2, 0.25) is 5.02 Å². The number of nitrogens with one attached hydrogen (secondary N) is 1. The van der Waals surface area contributed by atoms with Gasteiger partial charge in [-0.3, -0.25) is 14.9 Å². The molecule has 1 amide bonds. The number of nitrogens with zero attached hydrogens (tertiary/aromatic N) is 1. The number of hydrogen-bond acceptors (Lipinski definition) is 4. The number of anilines is 1. The largest absolute Gasteiger partial charge is 0.481 e. The predicted molar refractivity (Wildman–Crippen MR) is 88.0 cm³/mol. The fourth-order valence-electron chi connectivity index (χ4n) is 1.89. The Balaban J connectivity index is 2.03. The van der Waals surface area contributed by atoms with Crippen LogP contribution < -0.4 is 10.1 Å². The topological polar surface area (TPSA) is 81.5 Å². The fourth-order valence-corrected chi connectivity index (χ4v) is 2.01. The number of nitro groups is 1. The van der Waals surface area contributed by atoms with Gasteiger partial charge in [0.25, 0.3) is 11.6 Å². The molecule has 120 valence electrons. The highest BCUT2D eigenvalue weighted by molar-refractivity contribution is 6.31. The Bertz CT molecular complexity index is 749. The number of halogens is 1. The predicted octanol–water partition coefficient (Wildman–Crippen LogP) is 3.96. The number of ether oxygens (including phenoxy) is 1. The van der Waals surface area contributed by atoms with E-state index in [-0.39, 0.29) is 5.69 Å². The molecule has 1 unspecified atom stereocenters. The van der Waals surface area contributed by atoms with E-state index in [1.54, 1.807) is 31.2 Å². The molecule has 23 heavy (non-hydrogen) atoms. The quantitative estimate of drug-likeness (QED) is 0.662. The molecule has 1 N–H and O–H groups in total. The molecule has 0 aliphatic heterocycles. The number of rotatable bonds is 5. The van der Waals surface area contributed by atoms with Gasteiger partial charge >= 0.3 is 0 Å². The summed E-state index contributed by atoms with van der Waals surface area (Å²) in [6.07, 6.45) is -0.769. The van der Waals surface area contributed by atoms with Crippen molar-refractivity contribution in [2.24, 2.45) is 0 Å². The molecule has 0 saturated carbocycles. The minimum absolute atomic E-state index is 0.0929. The number of benzene rings is 2. The van der Waals surface area contributed by atoms with Gasteiger partial charge in [-0.15, -0.1) is 0 Å². The molecule has 1 atom stereocenters. The van der Waals surface area contributed by atoms with E-state index in [2.05, 4.69) is 5.32 Å². The third-order valence-electron chi connectivity index (χ3n) is 3.14. The Morgan fingerprint density at radius 2 is 2.04 bits per heavy atom. The summed E-state index contributed by atoms with van der Waals surface area (Å²) in [5.41, 5.74) is 1.09. The summed E-state index contributed by atoms with van der Waals surface area (Å²) in [5, 5.41) is 13.9. The highest BCUT2D eigenvalue weighted by Gasteiger charge is 2.16. The molecule has 0 heterocycles. The zero-order valence-corrected chi connectivity index (χ0v) is 13.3. The lowest BCUT2D eigenvalue weighted by atomic mass is 10.2. The Morgan fingerprint density at radius 3 is 2.70 bits per heavy atom. The second kappa shape index (κ2) is 7.11. The molecule has 2 aromatic rings. The first-order valence-electron chi connectivity index (χ1n) is 6.85. The van der Waals surface area contributed by atoms with Crippen molar-refractivity contribution in [1.29, 1.82) is 0 Å². The Kier molecular flexibility index (Phi) is 5.18. The fraction of sp³-hybridized carbons (Fsp3) is 0.188. The lowest BCUT2D eigenvalue weighted by Gasteiger charge is -2.15. The lowest BCUT2D eigenvalue weighted by molar-refractivity contribution is -0.384. The highest BCUT2D eigenvalue weighted by Crippen LogP contribution is 2.22. The molecule has 0 radical (unpaired) electrons. The maximum absolute atomic E-state index is 12.1. The average Bonchev–Trinajstić information content (AvgIpc) is 2.51. The van der Waals surface area contributed by atoms with Gasteiger partial charge in [-0.2, -0.15) is 0 Å². The van der Waals surface area contributed by atoms with Crippen LogP contribution in [0.1, 0.15) is 12.5 Å². The maximum Gasteiger partial charge on any atom is 0.271 e. The standard InChI is InChI=1S/C16H15ClN2O4/c1-10-8-14(6-7-15(10)17)23-11(2)16(20)18-12-4-3-5-13(9-12)19(21)22/h3-9,11H,1-2H3,(H,18,20). The van der Waals surface area contributed by atoms with Crippen molar-refractivity contribution in [3.8, 4) is 5.75 Å². The van der Waals surface area contributed by atoms with Crippen LogP contribution >= 0.6 is 11.6 Å². The average molecular weight is 335 g/mol. The molecule has 7 heteroatoms. The number of aryl methyl sites for hydroxylation is 1. The summed E-state index contributed by atoms with van der Waals surface area (Å²) >= 11 is 5.94. The minimum atomic E-state index is -0.769. The number of carbonyl (C=O) groups excluding carboxylic acids is 1. The smallest absolute Gasteiger partial charge is 0.271 e. The SMILES string of the molecule is Cc1cc(OC(C)C(=O)Nc2cccc([N+](=O)[O-])c2)ccc1Cl. The van der Waals surface area contributed by atoms with Crippen molar-refractivity contribution < 1.29 is 14.5 Å². The van der Waals surface area contributed by atoms with Gasteiger partial charge in [0.15, 0.2) is 6.10 Å². The second-order valence-electron chi connectivity index (χ2n) is 4.97. The molecule has 0 spiro atoms. The van der Waals surface area contributed by atoms with E-state index in [4.69, 9.17) is 16.3 Å². The van der Waals surface area contributed by atoms with E-state index in [0.29, 0.717) is 16.5 Å². The molecule has 0 bridgehead atoms. The van der Waals surface area contributed by atoms with Gasteiger partial charge in [0.2, 0.25) is 0 Å². The van der Waals surface area contributed by atoms with Crippen LogP contribution in [0, 0.1) is 17.0 Å². The van der Waals surface area contributed by atoms with E-state index >= 15 is 0 Å². The maximum atomic E-state index is 12.1. The normalized spacial score (nSPS) is 11.6. The van der Waals surface area contributed by atoms with E-state index in [1.807, 2.05) is 6.92 Å². The second-order valence-corrected chi connectivity index (χ2v) is 5.37. The summed E-state index contributed by atoms with van der Waals surface area (Å²) < 4.78 is 5.56. The summed E-state index contributed by atoms with van der Waals surface area (Å²) in [5.74, 6) is 0.117. The van der Waals surface area contributed by atoms with Crippen molar-refractivity contribution in [2.75, 3.05) is 5.32 Å². The van der Waals surface area contributed by atoms with Gasteiger partial charge in [0, 0.05) is 22.8 Å². The number of amides is 1. The van der Waals surface area contributed by atoms with Crippen LogP contribution in [0.25, 0.3) is 0 Å². The van der Waals surface area contributed by atoms with E-state index < -0.39 is 16.9 Å². The van der Waals surface area contributed by atoms with Crippen molar-refractivity contribution in [2.45, 2.75) is 20.0 Å². The number of carbonyl (C=O) groups is 1. The molecule has 0 aliphatic rings. The van der Waals surface area contributed by atoms with E-state index in [0.717, 1.165) is 5.56 Å². The van der Waals surface area contributed by atoms with E-state index in [9.17, 15) is 14.9 Å². The molecule has 6 nitrogen and oxygen atoms in total. The van der Waals surface area contributed by atoms with E-state index in [1.165, 1.54) is 18.2 Å². The van der Waals surface area contributed by atoms with Crippen LogP contribution in [0.5, 0.6) is 5.75 Å². The van der Waals surface area contributed by atoms with Crippen molar-refractivity contribution in [3.05, 3.63) is 63.2 Å². The van der Waals surface area contributed by atoms with Gasteiger partial charge in [-0.1, -0.05) is 17.7 Å². The molecule has 0 aromatic heterocycles. The summed E-state index contributed by atoms with van der Waals surface area (Å²) in [7, 11) is 0. The summed E-state index contributed by atoms with van der Waals surface area (Å²) in [4.78, 5) is 22.3. The molecule has 2 rings (SSSR count). The third kappa shape index (κ3) is 4.43. The Labute approximate surface area is 138 Å². The van der Waals surface area contributed by atoms with Gasteiger partial charge < -0.3 is 10.1 Å². The molecule has 0 aliphatic carbocycles.